The van der Waals surface area contributed by atoms with Crippen molar-refractivity contribution in [3.8, 4) is 0 Å². The van der Waals surface area contributed by atoms with Crippen molar-refractivity contribution in [3.63, 3.8) is 0 Å². The molecule has 1 unspecified atom stereocenters. The van der Waals surface area contributed by atoms with Crippen molar-refractivity contribution in [2.24, 2.45) is 5.92 Å². The summed E-state index contributed by atoms with van der Waals surface area (Å²) in [6.07, 6.45) is 0. The van der Waals surface area contributed by atoms with Gasteiger partial charge in [-0.1, -0.05) is 41.1 Å². The second kappa shape index (κ2) is 7.27. The van der Waals surface area contributed by atoms with Gasteiger partial charge in [-0.15, -0.1) is 0 Å². The summed E-state index contributed by atoms with van der Waals surface area (Å²) in [5.74, 6) is 0.520. The Morgan fingerprint density at radius 2 is 1.94 bits per heavy atom. The van der Waals surface area contributed by atoms with E-state index >= 15 is 0 Å². The molecular formula is C15H24BrNO. The molecule has 0 aliphatic heterocycles. The van der Waals surface area contributed by atoms with E-state index in [1.54, 1.807) is 0 Å². The Morgan fingerprint density at radius 3 is 2.56 bits per heavy atom. The summed E-state index contributed by atoms with van der Waals surface area (Å²) in [5.41, 5.74) is 1.38. The zero-order valence-electron chi connectivity index (χ0n) is 11.8. The minimum atomic E-state index is 0.177. The van der Waals surface area contributed by atoms with Crippen molar-refractivity contribution in [2.75, 3.05) is 13.2 Å². The molecule has 0 spiro atoms. The third-order valence-corrected chi connectivity index (χ3v) is 3.37. The van der Waals surface area contributed by atoms with Crippen molar-refractivity contribution < 1.29 is 4.74 Å². The Hall–Kier alpha value is -0.380. The molecular weight excluding hydrogens is 290 g/mol. The summed E-state index contributed by atoms with van der Waals surface area (Å²) < 4.78 is 6.87. The molecule has 0 bridgehead atoms. The highest BCUT2D eigenvalue weighted by Crippen LogP contribution is 2.16. The summed E-state index contributed by atoms with van der Waals surface area (Å²) in [6.45, 7) is 11.2. The number of benzene rings is 1. The van der Waals surface area contributed by atoms with Crippen LogP contribution >= 0.6 is 15.9 Å². The van der Waals surface area contributed by atoms with Gasteiger partial charge in [0.05, 0.1) is 13.2 Å². The first-order valence-corrected chi connectivity index (χ1v) is 7.24. The predicted octanol–water partition coefficient (Wildman–Crippen LogP) is 3.99. The van der Waals surface area contributed by atoms with Crippen LogP contribution in [0.3, 0.4) is 0 Å². The van der Waals surface area contributed by atoms with Crippen LogP contribution < -0.4 is 5.32 Å². The van der Waals surface area contributed by atoms with Gasteiger partial charge in [-0.2, -0.15) is 0 Å². The first-order valence-electron chi connectivity index (χ1n) is 6.44. The highest BCUT2D eigenvalue weighted by atomic mass is 79.9. The fourth-order valence-corrected chi connectivity index (χ4v) is 1.92. The lowest BCUT2D eigenvalue weighted by Gasteiger charge is -2.23. The smallest absolute Gasteiger partial charge is 0.0727 e. The molecule has 0 heterocycles. The molecule has 1 N–H and O–H groups in total. The lowest BCUT2D eigenvalue weighted by Crippen LogP contribution is -2.39. The van der Waals surface area contributed by atoms with E-state index < -0.39 is 0 Å². The van der Waals surface area contributed by atoms with E-state index in [4.69, 9.17) is 4.74 Å². The zero-order valence-corrected chi connectivity index (χ0v) is 13.4. The van der Waals surface area contributed by atoms with Gasteiger partial charge in [-0.3, -0.25) is 0 Å². The number of hydrogen-bond donors (Lipinski definition) is 1. The lowest BCUT2D eigenvalue weighted by atomic mass is 10.1. The van der Waals surface area contributed by atoms with Crippen LogP contribution in [-0.2, 0) is 11.3 Å². The van der Waals surface area contributed by atoms with Crippen molar-refractivity contribution in [3.05, 3.63) is 34.3 Å². The largest absolute Gasteiger partial charge is 0.376 e. The van der Waals surface area contributed by atoms with Crippen molar-refractivity contribution in [1.82, 2.24) is 5.32 Å². The first-order chi connectivity index (χ1) is 8.38. The van der Waals surface area contributed by atoms with Crippen LogP contribution in [0.15, 0.2) is 28.7 Å². The summed E-state index contributed by atoms with van der Waals surface area (Å²) in [6, 6.07) is 8.18. The minimum absolute atomic E-state index is 0.177. The average Bonchev–Trinajstić information content (AvgIpc) is 2.28. The standard InChI is InChI=1S/C15H24BrNO/c1-12(9-17-15(2,3)4)10-18-11-13-7-5-6-8-14(13)16/h5-8,12,17H,9-11H2,1-4H3. The normalized spacial score (nSPS) is 13.6. The van der Waals surface area contributed by atoms with Gasteiger partial charge in [0.2, 0.25) is 0 Å². The Bertz CT molecular complexity index is 360. The van der Waals surface area contributed by atoms with Crippen LogP contribution in [-0.4, -0.2) is 18.7 Å². The Balaban J connectivity index is 2.24. The van der Waals surface area contributed by atoms with Gasteiger partial charge >= 0.3 is 0 Å². The molecule has 1 atom stereocenters. The van der Waals surface area contributed by atoms with Gasteiger partial charge in [0, 0.05) is 16.6 Å². The Labute approximate surface area is 119 Å². The van der Waals surface area contributed by atoms with Crippen molar-refractivity contribution in [2.45, 2.75) is 39.8 Å². The highest BCUT2D eigenvalue weighted by Gasteiger charge is 2.11. The zero-order chi connectivity index (χ0) is 13.6. The number of rotatable bonds is 6. The average molecular weight is 314 g/mol. The molecule has 3 heteroatoms. The molecule has 0 radical (unpaired) electrons. The second-order valence-corrected chi connectivity index (χ2v) is 6.70. The molecule has 1 aromatic carbocycles. The van der Waals surface area contributed by atoms with E-state index in [0.717, 1.165) is 17.6 Å². The molecule has 0 amide bonds. The van der Waals surface area contributed by atoms with Crippen molar-refractivity contribution in [1.29, 1.82) is 0 Å². The van der Waals surface area contributed by atoms with Gasteiger partial charge in [0.15, 0.2) is 0 Å². The predicted molar refractivity (Wildman–Crippen MR) is 80.7 cm³/mol. The summed E-state index contributed by atoms with van der Waals surface area (Å²) in [7, 11) is 0. The van der Waals surface area contributed by atoms with Crippen LogP contribution in [0.5, 0.6) is 0 Å². The maximum absolute atomic E-state index is 5.76. The molecule has 0 aromatic heterocycles. The second-order valence-electron chi connectivity index (χ2n) is 5.84. The number of hydrogen-bond acceptors (Lipinski definition) is 2. The van der Waals surface area contributed by atoms with Gasteiger partial charge in [0.25, 0.3) is 0 Å². The molecule has 1 rings (SSSR count). The SMILES string of the molecule is CC(CNC(C)(C)C)COCc1ccccc1Br. The van der Waals surface area contributed by atoms with Gasteiger partial charge in [0.1, 0.15) is 0 Å². The van der Waals surface area contributed by atoms with Crippen molar-refractivity contribution >= 4 is 15.9 Å². The van der Waals surface area contributed by atoms with Crippen LogP contribution in [0.2, 0.25) is 0 Å². The summed E-state index contributed by atoms with van der Waals surface area (Å²) >= 11 is 3.53. The quantitative estimate of drug-likeness (QED) is 0.857. The third-order valence-electron chi connectivity index (χ3n) is 2.60. The molecule has 102 valence electrons. The van der Waals surface area contributed by atoms with E-state index in [-0.39, 0.29) is 5.54 Å². The van der Waals surface area contributed by atoms with Gasteiger partial charge in [-0.05, 0) is 38.3 Å². The molecule has 0 aliphatic carbocycles. The molecule has 0 saturated carbocycles. The van der Waals surface area contributed by atoms with E-state index in [2.05, 4.69) is 55.0 Å². The Morgan fingerprint density at radius 1 is 1.28 bits per heavy atom. The summed E-state index contributed by atoms with van der Waals surface area (Å²) in [4.78, 5) is 0. The first kappa shape index (κ1) is 15.7. The fourth-order valence-electron chi connectivity index (χ4n) is 1.52. The van der Waals surface area contributed by atoms with E-state index in [0.29, 0.717) is 12.5 Å². The number of ether oxygens (including phenoxy) is 1. The van der Waals surface area contributed by atoms with E-state index in [9.17, 15) is 0 Å². The topological polar surface area (TPSA) is 21.3 Å². The maximum atomic E-state index is 5.76. The monoisotopic (exact) mass is 313 g/mol. The third kappa shape index (κ3) is 6.53. The molecule has 1 aromatic rings. The van der Waals surface area contributed by atoms with E-state index in [1.807, 2.05) is 18.2 Å². The maximum Gasteiger partial charge on any atom is 0.0727 e. The van der Waals surface area contributed by atoms with Crippen LogP contribution in [0.4, 0.5) is 0 Å². The molecule has 0 saturated heterocycles. The molecule has 0 aliphatic rings. The van der Waals surface area contributed by atoms with Gasteiger partial charge < -0.3 is 10.1 Å². The lowest BCUT2D eigenvalue weighted by molar-refractivity contribution is 0.0894. The molecule has 0 fully saturated rings. The van der Waals surface area contributed by atoms with Crippen LogP contribution in [0, 0.1) is 5.92 Å². The highest BCUT2D eigenvalue weighted by molar-refractivity contribution is 9.10. The Kier molecular flexibility index (Phi) is 6.33. The fraction of sp³-hybridized carbons (Fsp3) is 0.600. The summed E-state index contributed by atoms with van der Waals surface area (Å²) in [5, 5.41) is 3.49. The molecule has 18 heavy (non-hydrogen) atoms. The van der Waals surface area contributed by atoms with Gasteiger partial charge in [-0.25, -0.2) is 0 Å². The van der Waals surface area contributed by atoms with Crippen LogP contribution in [0.25, 0.3) is 0 Å². The molecule has 2 nitrogen and oxygen atoms in total. The number of nitrogens with one attached hydrogen (secondary N) is 1. The minimum Gasteiger partial charge on any atom is -0.376 e. The van der Waals surface area contributed by atoms with E-state index in [1.165, 1.54) is 5.56 Å². The van der Waals surface area contributed by atoms with Crippen LogP contribution in [0.1, 0.15) is 33.3 Å². The number of halogens is 1.